The van der Waals surface area contributed by atoms with Gasteiger partial charge in [-0.3, -0.25) is 9.59 Å². The molecule has 2 N–H and O–H groups in total. The Balaban J connectivity index is 2.46. The standard InChI is InChI=1S/C14H25NO3/c1-9-5-4-6-12(8-7-9)15-13(16)10(2)11(3)14(17)18/h9-12H,4-8H2,1-3H3,(H,15,16)(H,17,18). The predicted molar refractivity (Wildman–Crippen MR) is 70.1 cm³/mol. The first-order valence-corrected chi connectivity index (χ1v) is 6.95. The Morgan fingerprint density at radius 3 is 2.39 bits per heavy atom. The molecule has 18 heavy (non-hydrogen) atoms. The molecule has 1 rings (SSSR count). The summed E-state index contributed by atoms with van der Waals surface area (Å²) in [5.41, 5.74) is 0. The highest BCUT2D eigenvalue weighted by atomic mass is 16.4. The molecule has 4 unspecified atom stereocenters. The first-order valence-electron chi connectivity index (χ1n) is 6.95. The zero-order valence-corrected chi connectivity index (χ0v) is 11.6. The fourth-order valence-corrected chi connectivity index (χ4v) is 2.40. The van der Waals surface area contributed by atoms with Crippen LogP contribution in [0.4, 0.5) is 0 Å². The Labute approximate surface area is 109 Å². The van der Waals surface area contributed by atoms with Gasteiger partial charge in [0.2, 0.25) is 5.91 Å². The number of hydrogen-bond donors (Lipinski definition) is 2. The van der Waals surface area contributed by atoms with Gasteiger partial charge in [0.25, 0.3) is 0 Å². The van der Waals surface area contributed by atoms with Crippen molar-refractivity contribution in [2.45, 2.75) is 58.9 Å². The summed E-state index contributed by atoms with van der Waals surface area (Å²) < 4.78 is 0. The number of carbonyl (C=O) groups excluding carboxylic acids is 1. The highest BCUT2D eigenvalue weighted by Crippen LogP contribution is 2.23. The molecule has 0 aromatic heterocycles. The highest BCUT2D eigenvalue weighted by molar-refractivity contribution is 5.84. The van der Waals surface area contributed by atoms with Crippen LogP contribution in [-0.4, -0.2) is 23.0 Å². The summed E-state index contributed by atoms with van der Waals surface area (Å²) in [6.07, 6.45) is 5.56. The van der Waals surface area contributed by atoms with Crippen molar-refractivity contribution in [3.05, 3.63) is 0 Å². The van der Waals surface area contributed by atoms with Crippen molar-refractivity contribution in [2.24, 2.45) is 17.8 Å². The van der Waals surface area contributed by atoms with Crippen molar-refractivity contribution in [2.75, 3.05) is 0 Å². The van der Waals surface area contributed by atoms with Crippen molar-refractivity contribution < 1.29 is 14.7 Å². The minimum absolute atomic E-state index is 0.121. The molecule has 0 aliphatic heterocycles. The van der Waals surface area contributed by atoms with E-state index >= 15 is 0 Å². The number of aliphatic carboxylic acids is 1. The molecule has 1 aliphatic rings. The zero-order chi connectivity index (χ0) is 13.7. The number of carboxylic acid groups (broad SMARTS) is 1. The minimum atomic E-state index is -0.910. The van der Waals surface area contributed by atoms with Crippen LogP contribution in [-0.2, 0) is 9.59 Å². The van der Waals surface area contributed by atoms with Gasteiger partial charge in [0.05, 0.1) is 5.92 Å². The van der Waals surface area contributed by atoms with Gasteiger partial charge in [-0.1, -0.05) is 33.6 Å². The van der Waals surface area contributed by atoms with Crippen LogP contribution in [0.1, 0.15) is 52.9 Å². The van der Waals surface area contributed by atoms with Crippen LogP contribution in [0.25, 0.3) is 0 Å². The molecule has 0 bridgehead atoms. The third-order valence-corrected chi connectivity index (χ3v) is 4.16. The van der Waals surface area contributed by atoms with E-state index in [-0.39, 0.29) is 11.9 Å². The first-order chi connectivity index (χ1) is 8.41. The Hall–Kier alpha value is -1.06. The van der Waals surface area contributed by atoms with Crippen molar-refractivity contribution in [1.29, 1.82) is 0 Å². The number of carbonyl (C=O) groups is 2. The summed E-state index contributed by atoms with van der Waals surface area (Å²) in [5, 5.41) is 11.9. The van der Waals surface area contributed by atoms with Crippen LogP contribution < -0.4 is 5.32 Å². The molecular weight excluding hydrogens is 230 g/mol. The number of carboxylic acids is 1. The molecule has 0 heterocycles. The van der Waals surface area contributed by atoms with E-state index < -0.39 is 17.8 Å². The molecule has 4 heteroatoms. The lowest BCUT2D eigenvalue weighted by atomic mass is 9.94. The van der Waals surface area contributed by atoms with Crippen molar-refractivity contribution in [3.8, 4) is 0 Å². The van der Waals surface area contributed by atoms with E-state index in [0.717, 1.165) is 31.6 Å². The van der Waals surface area contributed by atoms with E-state index in [1.807, 2.05) is 0 Å². The average molecular weight is 255 g/mol. The molecule has 0 radical (unpaired) electrons. The zero-order valence-electron chi connectivity index (χ0n) is 11.6. The summed E-state index contributed by atoms with van der Waals surface area (Å²) in [7, 11) is 0. The van der Waals surface area contributed by atoms with Gasteiger partial charge < -0.3 is 10.4 Å². The molecule has 4 atom stereocenters. The van der Waals surface area contributed by atoms with Gasteiger partial charge in [-0.15, -0.1) is 0 Å². The van der Waals surface area contributed by atoms with E-state index in [2.05, 4.69) is 12.2 Å². The number of amides is 1. The molecule has 1 amide bonds. The van der Waals surface area contributed by atoms with Gasteiger partial charge in [-0.2, -0.15) is 0 Å². The topological polar surface area (TPSA) is 66.4 Å². The fourth-order valence-electron chi connectivity index (χ4n) is 2.40. The maximum Gasteiger partial charge on any atom is 0.307 e. The third kappa shape index (κ3) is 4.31. The summed E-state index contributed by atoms with van der Waals surface area (Å²) in [4.78, 5) is 22.8. The van der Waals surface area contributed by atoms with E-state index in [4.69, 9.17) is 5.11 Å². The van der Waals surface area contributed by atoms with Gasteiger partial charge in [-0.25, -0.2) is 0 Å². The molecule has 104 valence electrons. The fraction of sp³-hybridized carbons (Fsp3) is 0.857. The number of rotatable bonds is 4. The normalized spacial score (nSPS) is 27.9. The van der Waals surface area contributed by atoms with Gasteiger partial charge >= 0.3 is 5.97 Å². The van der Waals surface area contributed by atoms with E-state index in [1.54, 1.807) is 13.8 Å². The molecule has 1 aliphatic carbocycles. The molecule has 0 aromatic carbocycles. The highest BCUT2D eigenvalue weighted by Gasteiger charge is 2.27. The Kier molecular flexibility index (Phi) is 5.63. The predicted octanol–water partition coefficient (Wildman–Crippen LogP) is 2.43. The largest absolute Gasteiger partial charge is 0.481 e. The lowest BCUT2D eigenvalue weighted by Crippen LogP contribution is -2.41. The lowest BCUT2D eigenvalue weighted by molar-refractivity contribution is -0.146. The van der Waals surface area contributed by atoms with E-state index in [9.17, 15) is 9.59 Å². The van der Waals surface area contributed by atoms with Crippen LogP contribution in [0.2, 0.25) is 0 Å². The van der Waals surface area contributed by atoms with E-state index in [0.29, 0.717) is 0 Å². The van der Waals surface area contributed by atoms with Gasteiger partial charge in [-0.05, 0) is 25.2 Å². The number of nitrogens with one attached hydrogen (secondary N) is 1. The monoisotopic (exact) mass is 255 g/mol. The van der Waals surface area contributed by atoms with Crippen LogP contribution in [0.3, 0.4) is 0 Å². The molecule has 1 saturated carbocycles. The summed E-state index contributed by atoms with van der Waals surface area (Å²) in [6, 6.07) is 0.228. The van der Waals surface area contributed by atoms with Gasteiger partial charge in [0, 0.05) is 12.0 Å². The maximum atomic E-state index is 12.0. The Morgan fingerprint density at radius 1 is 1.11 bits per heavy atom. The van der Waals surface area contributed by atoms with Crippen molar-refractivity contribution >= 4 is 11.9 Å². The quantitative estimate of drug-likeness (QED) is 0.758. The Bertz CT molecular complexity index is 303. The third-order valence-electron chi connectivity index (χ3n) is 4.16. The van der Waals surface area contributed by atoms with E-state index in [1.165, 1.54) is 6.42 Å². The SMILES string of the molecule is CC1CCCC(NC(=O)C(C)C(C)C(=O)O)CC1. The second-order valence-electron chi connectivity index (χ2n) is 5.73. The second-order valence-corrected chi connectivity index (χ2v) is 5.73. The van der Waals surface area contributed by atoms with Crippen molar-refractivity contribution in [1.82, 2.24) is 5.32 Å². The number of hydrogen-bond acceptors (Lipinski definition) is 2. The average Bonchev–Trinajstić information content (AvgIpc) is 2.52. The van der Waals surface area contributed by atoms with Crippen LogP contribution in [0.15, 0.2) is 0 Å². The molecule has 0 saturated heterocycles. The van der Waals surface area contributed by atoms with Crippen LogP contribution in [0.5, 0.6) is 0 Å². The van der Waals surface area contributed by atoms with Gasteiger partial charge in [0.1, 0.15) is 0 Å². The molecule has 1 fully saturated rings. The lowest BCUT2D eigenvalue weighted by Gasteiger charge is -2.21. The Morgan fingerprint density at radius 2 is 1.78 bits per heavy atom. The van der Waals surface area contributed by atoms with Crippen molar-refractivity contribution in [3.63, 3.8) is 0 Å². The molecule has 0 aromatic rings. The summed E-state index contributed by atoms with van der Waals surface area (Å²) in [5.74, 6) is -1.39. The first kappa shape index (κ1) is 15.0. The minimum Gasteiger partial charge on any atom is -0.481 e. The summed E-state index contributed by atoms with van der Waals surface area (Å²) in [6.45, 7) is 5.52. The smallest absolute Gasteiger partial charge is 0.307 e. The maximum absolute atomic E-state index is 12.0. The van der Waals surface area contributed by atoms with Gasteiger partial charge in [0.15, 0.2) is 0 Å². The summed E-state index contributed by atoms with van der Waals surface area (Å²) >= 11 is 0. The molecular formula is C14H25NO3. The molecule has 4 nitrogen and oxygen atoms in total. The molecule has 0 spiro atoms. The van der Waals surface area contributed by atoms with Crippen LogP contribution in [0, 0.1) is 17.8 Å². The second kappa shape index (κ2) is 6.76. The van der Waals surface area contributed by atoms with Crippen LogP contribution >= 0.6 is 0 Å².